The van der Waals surface area contributed by atoms with Crippen LogP contribution in [0.5, 0.6) is 11.5 Å². The SMILES string of the molecule is COc1ccc(OCCNc2ccnc(NCc3ccccc3C)n2)cc1. The second kappa shape index (κ2) is 9.43. The van der Waals surface area contributed by atoms with Crippen molar-refractivity contribution in [2.24, 2.45) is 0 Å². The van der Waals surface area contributed by atoms with Crippen LogP contribution in [-0.2, 0) is 6.54 Å². The summed E-state index contributed by atoms with van der Waals surface area (Å²) in [6.45, 7) is 3.96. The summed E-state index contributed by atoms with van der Waals surface area (Å²) >= 11 is 0. The van der Waals surface area contributed by atoms with Crippen molar-refractivity contribution in [2.75, 3.05) is 30.9 Å². The summed E-state index contributed by atoms with van der Waals surface area (Å²) in [5.74, 6) is 2.98. The molecule has 2 aromatic carbocycles. The number of nitrogens with zero attached hydrogens (tertiary/aromatic N) is 2. The van der Waals surface area contributed by atoms with E-state index in [2.05, 4.69) is 39.7 Å². The van der Waals surface area contributed by atoms with Crippen LogP contribution >= 0.6 is 0 Å². The van der Waals surface area contributed by atoms with Crippen molar-refractivity contribution in [2.45, 2.75) is 13.5 Å². The van der Waals surface area contributed by atoms with E-state index in [4.69, 9.17) is 9.47 Å². The van der Waals surface area contributed by atoms with Gasteiger partial charge in [0.05, 0.1) is 13.7 Å². The van der Waals surface area contributed by atoms with Gasteiger partial charge in [-0.25, -0.2) is 4.98 Å². The van der Waals surface area contributed by atoms with Gasteiger partial charge in [0.25, 0.3) is 0 Å². The quantitative estimate of drug-likeness (QED) is 0.561. The van der Waals surface area contributed by atoms with Gasteiger partial charge in [0.1, 0.15) is 23.9 Å². The van der Waals surface area contributed by atoms with E-state index in [1.165, 1.54) is 11.1 Å². The monoisotopic (exact) mass is 364 g/mol. The molecule has 0 aliphatic heterocycles. The molecule has 0 aliphatic rings. The highest BCUT2D eigenvalue weighted by atomic mass is 16.5. The molecular formula is C21H24N4O2. The zero-order valence-electron chi connectivity index (χ0n) is 15.6. The molecule has 2 N–H and O–H groups in total. The molecule has 0 atom stereocenters. The van der Waals surface area contributed by atoms with Gasteiger partial charge in [0.2, 0.25) is 5.95 Å². The number of anilines is 2. The van der Waals surface area contributed by atoms with Crippen LogP contribution in [0.4, 0.5) is 11.8 Å². The minimum atomic E-state index is 0.530. The lowest BCUT2D eigenvalue weighted by Gasteiger charge is -2.10. The van der Waals surface area contributed by atoms with Gasteiger partial charge >= 0.3 is 0 Å². The van der Waals surface area contributed by atoms with E-state index in [1.807, 2.05) is 42.5 Å². The van der Waals surface area contributed by atoms with Crippen LogP contribution < -0.4 is 20.1 Å². The van der Waals surface area contributed by atoms with E-state index in [1.54, 1.807) is 13.3 Å². The molecule has 0 saturated heterocycles. The Morgan fingerprint density at radius 2 is 1.70 bits per heavy atom. The van der Waals surface area contributed by atoms with Crippen molar-refractivity contribution >= 4 is 11.8 Å². The fourth-order valence-electron chi connectivity index (χ4n) is 2.54. The minimum Gasteiger partial charge on any atom is -0.497 e. The summed E-state index contributed by atoms with van der Waals surface area (Å²) in [6, 6.07) is 17.6. The molecule has 27 heavy (non-hydrogen) atoms. The first-order valence-corrected chi connectivity index (χ1v) is 8.87. The van der Waals surface area contributed by atoms with E-state index in [0.717, 1.165) is 17.3 Å². The summed E-state index contributed by atoms with van der Waals surface area (Å²) in [4.78, 5) is 8.75. The number of nitrogens with one attached hydrogen (secondary N) is 2. The topological polar surface area (TPSA) is 68.3 Å². The molecule has 3 aromatic rings. The number of aryl methyl sites for hydroxylation is 1. The van der Waals surface area contributed by atoms with E-state index in [0.29, 0.717) is 25.6 Å². The fraction of sp³-hybridized carbons (Fsp3) is 0.238. The maximum Gasteiger partial charge on any atom is 0.224 e. The summed E-state index contributed by atoms with van der Waals surface area (Å²) in [6.07, 6.45) is 1.74. The Labute approximate surface area is 159 Å². The van der Waals surface area contributed by atoms with Crippen molar-refractivity contribution in [3.05, 3.63) is 71.9 Å². The Morgan fingerprint density at radius 3 is 2.48 bits per heavy atom. The molecule has 3 rings (SSSR count). The highest BCUT2D eigenvalue weighted by molar-refractivity contribution is 5.40. The van der Waals surface area contributed by atoms with Crippen LogP contribution in [0, 0.1) is 6.92 Å². The molecule has 6 heteroatoms. The zero-order chi connectivity index (χ0) is 18.9. The molecule has 1 aromatic heterocycles. The second-order valence-electron chi connectivity index (χ2n) is 6.00. The van der Waals surface area contributed by atoms with Crippen LogP contribution in [-0.4, -0.2) is 30.2 Å². The van der Waals surface area contributed by atoms with E-state index in [-0.39, 0.29) is 0 Å². The first-order chi connectivity index (χ1) is 13.2. The van der Waals surface area contributed by atoms with Gasteiger partial charge < -0.3 is 20.1 Å². The summed E-state index contributed by atoms with van der Waals surface area (Å²) in [5.41, 5.74) is 2.47. The number of aromatic nitrogens is 2. The third-order valence-electron chi connectivity index (χ3n) is 4.09. The van der Waals surface area contributed by atoms with Crippen LogP contribution in [0.2, 0.25) is 0 Å². The van der Waals surface area contributed by atoms with Gasteiger partial charge in [-0.3, -0.25) is 0 Å². The van der Waals surface area contributed by atoms with Gasteiger partial charge in [-0.05, 0) is 48.4 Å². The van der Waals surface area contributed by atoms with E-state index in [9.17, 15) is 0 Å². The predicted molar refractivity (Wildman–Crippen MR) is 108 cm³/mol. The lowest BCUT2D eigenvalue weighted by Crippen LogP contribution is -2.13. The first-order valence-electron chi connectivity index (χ1n) is 8.87. The average molecular weight is 364 g/mol. The number of hydrogen-bond donors (Lipinski definition) is 2. The molecule has 0 bridgehead atoms. The Hall–Kier alpha value is -3.28. The maximum absolute atomic E-state index is 5.70. The van der Waals surface area contributed by atoms with Crippen LogP contribution in [0.25, 0.3) is 0 Å². The van der Waals surface area contributed by atoms with Crippen LogP contribution in [0.1, 0.15) is 11.1 Å². The number of hydrogen-bond acceptors (Lipinski definition) is 6. The third-order valence-corrected chi connectivity index (χ3v) is 4.09. The normalized spacial score (nSPS) is 10.3. The molecule has 0 spiro atoms. The lowest BCUT2D eigenvalue weighted by atomic mass is 10.1. The Morgan fingerprint density at radius 1 is 0.926 bits per heavy atom. The van der Waals surface area contributed by atoms with Gasteiger partial charge in [-0.2, -0.15) is 4.98 Å². The average Bonchev–Trinajstić information content (AvgIpc) is 2.71. The highest BCUT2D eigenvalue weighted by Crippen LogP contribution is 2.17. The Balaban J connectivity index is 1.45. The zero-order valence-corrected chi connectivity index (χ0v) is 15.6. The molecule has 140 valence electrons. The number of methoxy groups -OCH3 is 1. The molecule has 0 saturated carbocycles. The highest BCUT2D eigenvalue weighted by Gasteiger charge is 2.01. The van der Waals surface area contributed by atoms with Crippen molar-refractivity contribution < 1.29 is 9.47 Å². The smallest absolute Gasteiger partial charge is 0.224 e. The predicted octanol–water partition coefficient (Wildman–Crippen LogP) is 3.90. The largest absolute Gasteiger partial charge is 0.497 e. The number of ether oxygens (including phenoxy) is 2. The van der Waals surface area contributed by atoms with Crippen molar-refractivity contribution in [1.29, 1.82) is 0 Å². The molecular weight excluding hydrogens is 340 g/mol. The van der Waals surface area contributed by atoms with E-state index < -0.39 is 0 Å². The Kier molecular flexibility index (Phi) is 6.46. The summed E-state index contributed by atoms with van der Waals surface area (Å²) in [5, 5.41) is 6.51. The number of benzene rings is 2. The molecule has 0 amide bonds. The van der Waals surface area contributed by atoms with Crippen LogP contribution in [0.15, 0.2) is 60.8 Å². The summed E-state index contributed by atoms with van der Waals surface area (Å²) in [7, 11) is 1.64. The van der Waals surface area contributed by atoms with Gasteiger partial charge in [-0.1, -0.05) is 24.3 Å². The fourth-order valence-corrected chi connectivity index (χ4v) is 2.54. The molecule has 0 radical (unpaired) electrons. The Bertz CT molecular complexity index is 853. The molecule has 0 unspecified atom stereocenters. The molecule has 1 heterocycles. The third kappa shape index (κ3) is 5.60. The van der Waals surface area contributed by atoms with Gasteiger partial charge in [0, 0.05) is 12.7 Å². The summed E-state index contributed by atoms with van der Waals surface area (Å²) < 4.78 is 10.8. The second-order valence-corrected chi connectivity index (χ2v) is 6.00. The first kappa shape index (κ1) is 18.5. The number of rotatable bonds is 9. The van der Waals surface area contributed by atoms with E-state index >= 15 is 0 Å². The van der Waals surface area contributed by atoms with Crippen molar-refractivity contribution in [1.82, 2.24) is 9.97 Å². The molecule has 0 aliphatic carbocycles. The lowest BCUT2D eigenvalue weighted by molar-refractivity contribution is 0.331. The van der Waals surface area contributed by atoms with Crippen molar-refractivity contribution in [3.63, 3.8) is 0 Å². The molecule has 6 nitrogen and oxygen atoms in total. The standard InChI is InChI=1S/C21H24N4O2/c1-16-5-3-4-6-17(16)15-24-21-23-12-11-20(25-21)22-13-14-27-19-9-7-18(26-2)8-10-19/h3-12H,13-15H2,1-2H3,(H2,22,23,24,25). The maximum atomic E-state index is 5.70. The molecule has 0 fully saturated rings. The van der Waals surface area contributed by atoms with Gasteiger partial charge in [-0.15, -0.1) is 0 Å². The van der Waals surface area contributed by atoms with Gasteiger partial charge in [0.15, 0.2) is 0 Å². The van der Waals surface area contributed by atoms with Crippen LogP contribution in [0.3, 0.4) is 0 Å². The minimum absolute atomic E-state index is 0.530. The van der Waals surface area contributed by atoms with Crippen molar-refractivity contribution in [3.8, 4) is 11.5 Å².